The van der Waals surface area contributed by atoms with E-state index in [1.807, 2.05) is 0 Å². The normalized spacial score (nSPS) is 17.2. The summed E-state index contributed by atoms with van der Waals surface area (Å²) in [6.07, 6.45) is 8.38. The third-order valence-corrected chi connectivity index (χ3v) is 4.42. The van der Waals surface area contributed by atoms with Gasteiger partial charge in [-0.3, -0.25) is 4.79 Å². The summed E-state index contributed by atoms with van der Waals surface area (Å²) in [5, 5.41) is 3.32. The van der Waals surface area contributed by atoms with Crippen LogP contribution < -0.4 is 5.32 Å². The molecule has 1 aromatic rings. The van der Waals surface area contributed by atoms with Crippen LogP contribution in [-0.4, -0.2) is 10.9 Å². The van der Waals surface area contributed by atoms with Crippen LogP contribution in [0.1, 0.15) is 38.5 Å². The van der Waals surface area contributed by atoms with Gasteiger partial charge in [-0.15, -0.1) is 0 Å². The second kappa shape index (κ2) is 6.53. The van der Waals surface area contributed by atoms with Gasteiger partial charge in [-0.1, -0.05) is 37.3 Å². The van der Waals surface area contributed by atoms with Crippen molar-refractivity contribution in [2.24, 2.45) is 5.92 Å². The lowest BCUT2D eigenvalue weighted by Crippen LogP contribution is -2.22. The Morgan fingerprint density at radius 1 is 1.33 bits per heavy atom. The fourth-order valence-electron chi connectivity index (χ4n) is 2.28. The fourth-order valence-corrected chi connectivity index (χ4v) is 2.73. The molecule has 0 spiro atoms. The van der Waals surface area contributed by atoms with Gasteiger partial charge >= 0.3 is 0 Å². The van der Waals surface area contributed by atoms with Gasteiger partial charge in [0.1, 0.15) is 5.15 Å². The van der Waals surface area contributed by atoms with Crippen molar-refractivity contribution in [3.05, 3.63) is 21.9 Å². The molecule has 0 atom stereocenters. The first kappa shape index (κ1) is 13.8. The minimum atomic E-state index is 0.105. The molecule has 0 saturated heterocycles. The highest BCUT2D eigenvalue weighted by atomic mass is 79.9. The van der Waals surface area contributed by atoms with Gasteiger partial charge in [0.25, 0.3) is 0 Å². The molecular weight excluding hydrogens is 316 g/mol. The van der Waals surface area contributed by atoms with Crippen molar-refractivity contribution in [1.29, 1.82) is 0 Å². The summed E-state index contributed by atoms with van der Waals surface area (Å²) < 4.78 is 0.697. The average molecular weight is 332 g/mol. The number of rotatable bonds is 2. The van der Waals surface area contributed by atoms with Crippen LogP contribution in [0.2, 0.25) is 5.15 Å². The largest absolute Gasteiger partial charge is 0.324 e. The van der Waals surface area contributed by atoms with Crippen molar-refractivity contribution in [2.45, 2.75) is 38.5 Å². The second-order valence-electron chi connectivity index (χ2n) is 4.67. The molecule has 0 bridgehead atoms. The molecule has 1 heterocycles. The first-order chi connectivity index (χ1) is 8.66. The zero-order valence-corrected chi connectivity index (χ0v) is 12.4. The van der Waals surface area contributed by atoms with Crippen LogP contribution in [0.4, 0.5) is 5.69 Å². The average Bonchev–Trinajstić information content (AvgIpc) is 2.62. The first-order valence-corrected chi connectivity index (χ1v) is 7.46. The summed E-state index contributed by atoms with van der Waals surface area (Å²) in [6.45, 7) is 0. The van der Waals surface area contributed by atoms with E-state index < -0.39 is 0 Å². The zero-order chi connectivity index (χ0) is 13.0. The van der Waals surface area contributed by atoms with E-state index in [1.54, 1.807) is 12.3 Å². The maximum atomic E-state index is 12.1. The van der Waals surface area contributed by atoms with Crippen molar-refractivity contribution in [2.75, 3.05) is 5.32 Å². The molecule has 0 radical (unpaired) electrons. The summed E-state index contributed by atoms with van der Waals surface area (Å²) in [7, 11) is 0. The van der Waals surface area contributed by atoms with Gasteiger partial charge in [0.05, 0.1) is 16.4 Å². The highest BCUT2D eigenvalue weighted by molar-refractivity contribution is 9.10. The minimum Gasteiger partial charge on any atom is -0.324 e. The van der Waals surface area contributed by atoms with Gasteiger partial charge < -0.3 is 5.32 Å². The molecule has 18 heavy (non-hydrogen) atoms. The monoisotopic (exact) mass is 330 g/mol. The van der Waals surface area contributed by atoms with E-state index in [0.717, 1.165) is 25.7 Å². The number of halogens is 2. The molecule has 1 saturated carbocycles. The molecule has 1 aliphatic carbocycles. The summed E-state index contributed by atoms with van der Waals surface area (Å²) in [4.78, 5) is 16.1. The van der Waals surface area contributed by atoms with E-state index in [4.69, 9.17) is 11.6 Å². The predicted molar refractivity (Wildman–Crippen MR) is 76.8 cm³/mol. The van der Waals surface area contributed by atoms with Gasteiger partial charge in [-0.2, -0.15) is 0 Å². The lowest BCUT2D eigenvalue weighted by atomic mass is 9.99. The molecule has 1 aliphatic rings. The maximum absolute atomic E-state index is 12.1. The molecule has 98 valence electrons. The molecule has 0 aliphatic heterocycles. The Morgan fingerprint density at radius 3 is 2.61 bits per heavy atom. The quantitative estimate of drug-likeness (QED) is 0.644. The Labute approximate surface area is 120 Å². The summed E-state index contributed by atoms with van der Waals surface area (Å²) in [6, 6.07) is 1.78. The number of nitrogens with one attached hydrogen (secondary N) is 1. The number of pyridine rings is 1. The number of hydrogen-bond acceptors (Lipinski definition) is 2. The molecule has 5 heteroatoms. The topological polar surface area (TPSA) is 42.0 Å². The van der Waals surface area contributed by atoms with Crippen molar-refractivity contribution >= 4 is 39.1 Å². The van der Waals surface area contributed by atoms with Gasteiger partial charge in [-0.05, 0) is 34.8 Å². The number of nitrogens with zero attached hydrogens (tertiary/aromatic N) is 1. The third kappa shape index (κ3) is 3.69. The molecule has 1 N–H and O–H groups in total. The van der Waals surface area contributed by atoms with Crippen LogP contribution in [0, 0.1) is 5.92 Å². The number of aromatic nitrogens is 1. The summed E-state index contributed by atoms with van der Waals surface area (Å²) in [5.74, 6) is 0.245. The minimum absolute atomic E-state index is 0.105. The number of carbonyl (C=O) groups is 1. The maximum Gasteiger partial charge on any atom is 0.227 e. The lowest BCUT2D eigenvalue weighted by molar-refractivity contribution is -0.120. The Balaban J connectivity index is 1.99. The SMILES string of the molecule is O=C(Nc1cnc(Cl)c(Br)c1)C1CCCCCC1. The van der Waals surface area contributed by atoms with E-state index in [-0.39, 0.29) is 11.8 Å². The van der Waals surface area contributed by atoms with Crippen LogP contribution in [0.15, 0.2) is 16.7 Å². The van der Waals surface area contributed by atoms with Crippen LogP contribution in [0.5, 0.6) is 0 Å². The van der Waals surface area contributed by atoms with Gasteiger partial charge in [0, 0.05) is 5.92 Å². The van der Waals surface area contributed by atoms with Gasteiger partial charge in [-0.25, -0.2) is 4.98 Å². The lowest BCUT2D eigenvalue weighted by Gasteiger charge is -2.14. The van der Waals surface area contributed by atoms with Crippen molar-refractivity contribution in [3.8, 4) is 0 Å². The van der Waals surface area contributed by atoms with Crippen molar-refractivity contribution in [1.82, 2.24) is 4.98 Å². The van der Waals surface area contributed by atoms with Crippen LogP contribution >= 0.6 is 27.5 Å². The molecular formula is C13H16BrClN2O. The number of carbonyl (C=O) groups excluding carboxylic acids is 1. The van der Waals surface area contributed by atoms with Crippen LogP contribution in [0.3, 0.4) is 0 Å². The third-order valence-electron chi connectivity index (χ3n) is 3.29. The number of hydrogen-bond donors (Lipinski definition) is 1. The van der Waals surface area contributed by atoms with E-state index in [9.17, 15) is 4.79 Å². The Morgan fingerprint density at radius 2 is 2.00 bits per heavy atom. The van der Waals surface area contributed by atoms with E-state index in [0.29, 0.717) is 15.3 Å². The molecule has 0 unspecified atom stereocenters. The molecule has 2 rings (SSSR count). The van der Waals surface area contributed by atoms with Crippen molar-refractivity contribution in [3.63, 3.8) is 0 Å². The molecule has 1 aromatic heterocycles. The van der Waals surface area contributed by atoms with Crippen molar-refractivity contribution < 1.29 is 4.79 Å². The zero-order valence-electron chi connectivity index (χ0n) is 10.1. The molecule has 0 aromatic carbocycles. The van der Waals surface area contributed by atoms with Gasteiger partial charge in [0.2, 0.25) is 5.91 Å². The Bertz CT molecular complexity index is 431. The molecule has 1 fully saturated rings. The van der Waals surface area contributed by atoms with E-state index in [1.165, 1.54) is 12.8 Å². The predicted octanol–water partition coefficient (Wildman–Crippen LogP) is 4.41. The molecule has 3 nitrogen and oxygen atoms in total. The number of amides is 1. The van der Waals surface area contributed by atoms with E-state index in [2.05, 4.69) is 26.2 Å². The smallest absolute Gasteiger partial charge is 0.227 e. The fraction of sp³-hybridized carbons (Fsp3) is 0.538. The van der Waals surface area contributed by atoms with Crippen LogP contribution in [-0.2, 0) is 4.79 Å². The highest BCUT2D eigenvalue weighted by Crippen LogP contribution is 2.26. The first-order valence-electron chi connectivity index (χ1n) is 6.29. The summed E-state index contributed by atoms with van der Waals surface area (Å²) in [5.41, 5.74) is 0.695. The molecule has 1 amide bonds. The number of anilines is 1. The standard InChI is InChI=1S/C13H16BrClN2O/c14-11-7-10(8-16-12(11)15)17-13(18)9-5-3-1-2-4-6-9/h7-9H,1-6H2,(H,17,18). The highest BCUT2D eigenvalue weighted by Gasteiger charge is 2.20. The Hall–Kier alpha value is -0.610. The van der Waals surface area contributed by atoms with Crippen LogP contribution in [0.25, 0.3) is 0 Å². The van der Waals surface area contributed by atoms with E-state index >= 15 is 0 Å². The van der Waals surface area contributed by atoms with Gasteiger partial charge in [0.15, 0.2) is 0 Å². The Kier molecular flexibility index (Phi) is 5.01. The second-order valence-corrected chi connectivity index (χ2v) is 5.89. The summed E-state index contributed by atoms with van der Waals surface area (Å²) >= 11 is 9.12.